The summed E-state index contributed by atoms with van der Waals surface area (Å²) in [7, 11) is -3.54. The number of sulfonamides is 1. The van der Waals surface area contributed by atoms with Crippen LogP contribution in [0.5, 0.6) is 0 Å². The molecular weight excluding hydrogens is 354 g/mol. The van der Waals surface area contributed by atoms with Gasteiger partial charge in [-0.05, 0) is 72.5 Å². The highest BCUT2D eigenvalue weighted by Gasteiger charge is 2.18. The van der Waals surface area contributed by atoms with Gasteiger partial charge in [-0.2, -0.15) is 0 Å². The van der Waals surface area contributed by atoms with Crippen LogP contribution in [-0.4, -0.2) is 8.42 Å². The molecule has 0 saturated heterocycles. The SMILES string of the molecule is O=S(=O)(NCc1ccc(-c2cccs2)o1)c1ccc2c(c1)CCCC2. The molecule has 0 amide bonds. The molecule has 0 bridgehead atoms. The predicted octanol–water partition coefficient (Wildman–Crippen LogP) is 4.37. The summed E-state index contributed by atoms with van der Waals surface area (Å²) in [4.78, 5) is 1.36. The second-order valence-corrected chi connectivity index (χ2v) is 8.92. The van der Waals surface area contributed by atoms with Gasteiger partial charge in [-0.3, -0.25) is 0 Å². The van der Waals surface area contributed by atoms with E-state index in [1.54, 1.807) is 17.4 Å². The zero-order valence-electron chi connectivity index (χ0n) is 13.7. The molecule has 25 heavy (non-hydrogen) atoms. The van der Waals surface area contributed by atoms with Crippen molar-refractivity contribution < 1.29 is 12.8 Å². The minimum absolute atomic E-state index is 0.144. The van der Waals surface area contributed by atoms with E-state index in [0.717, 1.165) is 35.5 Å². The lowest BCUT2D eigenvalue weighted by Gasteiger charge is -2.16. The summed E-state index contributed by atoms with van der Waals surface area (Å²) in [6.07, 6.45) is 4.31. The number of furan rings is 1. The molecule has 4 nitrogen and oxygen atoms in total. The number of thiophene rings is 1. The van der Waals surface area contributed by atoms with Crippen LogP contribution < -0.4 is 4.72 Å². The second-order valence-electron chi connectivity index (χ2n) is 6.21. The van der Waals surface area contributed by atoms with Crippen molar-refractivity contribution >= 4 is 21.4 Å². The van der Waals surface area contributed by atoms with Crippen LogP contribution in [-0.2, 0) is 29.4 Å². The summed E-state index contributed by atoms with van der Waals surface area (Å²) in [6, 6.07) is 13.1. The van der Waals surface area contributed by atoms with Crippen molar-refractivity contribution in [2.24, 2.45) is 0 Å². The Hall–Kier alpha value is -1.89. The third-order valence-electron chi connectivity index (χ3n) is 4.49. The van der Waals surface area contributed by atoms with Gasteiger partial charge in [0.2, 0.25) is 10.0 Å². The highest BCUT2D eigenvalue weighted by molar-refractivity contribution is 7.89. The number of nitrogens with one attached hydrogen (secondary N) is 1. The zero-order chi connectivity index (χ0) is 17.3. The molecule has 0 aliphatic heterocycles. The Bertz CT molecular complexity index is 972. The number of fused-ring (bicyclic) bond motifs is 1. The van der Waals surface area contributed by atoms with E-state index in [1.165, 1.54) is 12.0 Å². The molecule has 4 rings (SSSR count). The van der Waals surface area contributed by atoms with Gasteiger partial charge in [0.1, 0.15) is 11.5 Å². The maximum atomic E-state index is 12.6. The van der Waals surface area contributed by atoms with E-state index >= 15 is 0 Å². The lowest BCUT2D eigenvalue weighted by atomic mass is 9.92. The van der Waals surface area contributed by atoms with Gasteiger partial charge in [-0.25, -0.2) is 13.1 Å². The molecule has 2 heterocycles. The van der Waals surface area contributed by atoms with Crippen LogP contribution in [0.4, 0.5) is 0 Å². The zero-order valence-corrected chi connectivity index (χ0v) is 15.3. The predicted molar refractivity (Wildman–Crippen MR) is 99.1 cm³/mol. The topological polar surface area (TPSA) is 59.3 Å². The first-order valence-corrected chi connectivity index (χ1v) is 10.7. The number of rotatable bonds is 5. The molecule has 0 fully saturated rings. The van der Waals surface area contributed by atoms with Crippen LogP contribution in [0.25, 0.3) is 10.6 Å². The minimum atomic E-state index is -3.54. The van der Waals surface area contributed by atoms with Gasteiger partial charge in [-0.1, -0.05) is 12.1 Å². The quantitative estimate of drug-likeness (QED) is 0.723. The van der Waals surface area contributed by atoms with Gasteiger partial charge in [-0.15, -0.1) is 11.3 Å². The Labute approximate surface area is 151 Å². The summed E-state index contributed by atoms with van der Waals surface area (Å²) in [5, 5.41) is 1.98. The minimum Gasteiger partial charge on any atom is -0.459 e. The lowest BCUT2D eigenvalue weighted by Crippen LogP contribution is -2.23. The molecule has 0 saturated carbocycles. The van der Waals surface area contributed by atoms with Gasteiger partial charge in [0, 0.05) is 0 Å². The van der Waals surface area contributed by atoms with Crippen molar-refractivity contribution in [3.8, 4) is 10.6 Å². The largest absolute Gasteiger partial charge is 0.459 e. The fourth-order valence-electron chi connectivity index (χ4n) is 3.15. The van der Waals surface area contributed by atoms with Gasteiger partial charge >= 0.3 is 0 Å². The fourth-order valence-corrected chi connectivity index (χ4v) is 4.88. The molecule has 1 N–H and O–H groups in total. The molecule has 1 aliphatic carbocycles. The van der Waals surface area contributed by atoms with E-state index in [1.807, 2.05) is 41.8 Å². The Morgan fingerprint density at radius 1 is 1.04 bits per heavy atom. The molecule has 3 aromatic rings. The molecule has 1 aromatic carbocycles. The van der Waals surface area contributed by atoms with E-state index in [2.05, 4.69) is 4.72 Å². The summed E-state index contributed by atoms with van der Waals surface area (Å²) in [6.45, 7) is 0.144. The summed E-state index contributed by atoms with van der Waals surface area (Å²) < 4.78 is 33.5. The van der Waals surface area contributed by atoms with E-state index < -0.39 is 10.0 Å². The standard InChI is InChI=1S/C19H19NO3S2/c21-25(22,17-9-7-14-4-1-2-5-15(14)12-17)20-13-16-8-10-18(23-16)19-6-3-11-24-19/h3,6-12,20H,1-2,4-5,13H2. The number of benzene rings is 1. The highest BCUT2D eigenvalue weighted by atomic mass is 32.2. The Morgan fingerprint density at radius 2 is 1.88 bits per heavy atom. The van der Waals surface area contributed by atoms with E-state index in [4.69, 9.17) is 4.42 Å². The lowest BCUT2D eigenvalue weighted by molar-refractivity contribution is 0.510. The molecule has 0 spiro atoms. The normalized spacial score (nSPS) is 14.4. The molecule has 6 heteroatoms. The van der Waals surface area contributed by atoms with Gasteiger partial charge in [0.15, 0.2) is 0 Å². The van der Waals surface area contributed by atoms with Crippen molar-refractivity contribution in [3.05, 3.63) is 64.7 Å². The first-order valence-electron chi connectivity index (χ1n) is 8.36. The van der Waals surface area contributed by atoms with Crippen molar-refractivity contribution in [1.82, 2.24) is 4.72 Å². The third-order valence-corrected chi connectivity index (χ3v) is 6.78. The maximum absolute atomic E-state index is 12.6. The average Bonchev–Trinajstić information content (AvgIpc) is 3.31. The number of aryl methyl sites for hydroxylation is 2. The van der Waals surface area contributed by atoms with Crippen molar-refractivity contribution in [3.63, 3.8) is 0 Å². The molecule has 1 aliphatic rings. The Balaban J connectivity index is 1.48. The van der Waals surface area contributed by atoms with Crippen LogP contribution in [0.15, 0.2) is 57.2 Å². The highest BCUT2D eigenvalue weighted by Crippen LogP contribution is 2.27. The van der Waals surface area contributed by atoms with Crippen LogP contribution in [0.3, 0.4) is 0 Å². The summed E-state index contributed by atoms with van der Waals surface area (Å²) in [5.74, 6) is 1.36. The molecule has 0 radical (unpaired) electrons. The van der Waals surface area contributed by atoms with Crippen molar-refractivity contribution in [2.75, 3.05) is 0 Å². The first kappa shape index (κ1) is 16.6. The molecule has 0 unspecified atom stereocenters. The van der Waals surface area contributed by atoms with Crippen LogP contribution in [0.2, 0.25) is 0 Å². The maximum Gasteiger partial charge on any atom is 0.240 e. The second kappa shape index (κ2) is 6.78. The Kier molecular flexibility index (Phi) is 4.50. The van der Waals surface area contributed by atoms with Crippen molar-refractivity contribution in [1.29, 1.82) is 0 Å². The monoisotopic (exact) mass is 373 g/mol. The number of hydrogen-bond donors (Lipinski definition) is 1. The van der Waals surface area contributed by atoms with Gasteiger partial charge in [0.05, 0.1) is 16.3 Å². The molecule has 130 valence electrons. The van der Waals surface area contributed by atoms with Crippen LogP contribution >= 0.6 is 11.3 Å². The third kappa shape index (κ3) is 3.56. The average molecular weight is 373 g/mol. The molecular formula is C19H19NO3S2. The van der Waals surface area contributed by atoms with Crippen LogP contribution in [0.1, 0.15) is 29.7 Å². The molecule has 0 atom stereocenters. The van der Waals surface area contributed by atoms with E-state index in [9.17, 15) is 8.42 Å². The van der Waals surface area contributed by atoms with Crippen molar-refractivity contribution in [2.45, 2.75) is 37.1 Å². The van der Waals surface area contributed by atoms with Gasteiger partial charge in [0.25, 0.3) is 0 Å². The first-order chi connectivity index (χ1) is 12.1. The Morgan fingerprint density at radius 3 is 2.68 bits per heavy atom. The van der Waals surface area contributed by atoms with Crippen LogP contribution in [0, 0.1) is 0 Å². The van der Waals surface area contributed by atoms with Gasteiger partial charge < -0.3 is 4.42 Å². The fraction of sp³-hybridized carbons (Fsp3) is 0.263. The van der Waals surface area contributed by atoms with E-state index in [-0.39, 0.29) is 6.54 Å². The smallest absolute Gasteiger partial charge is 0.240 e. The molecule has 2 aromatic heterocycles. The summed E-state index contributed by atoms with van der Waals surface area (Å²) in [5.41, 5.74) is 2.43. The number of hydrogen-bond acceptors (Lipinski definition) is 4. The van der Waals surface area contributed by atoms with E-state index in [0.29, 0.717) is 10.7 Å². The summed E-state index contributed by atoms with van der Waals surface area (Å²) >= 11 is 1.59.